The number of benzene rings is 1. The zero-order valence-electron chi connectivity index (χ0n) is 8.68. The molecule has 0 saturated heterocycles. The van der Waals surface area contributed by atoms with Crippen molar-refractivity contribution < 1.29 is 9.90 Å². The first kappa shape index (κ1) is 9.97. The number of hydrogen-bond donors (Lipinski definition) is 1. The van der Waals surface area contributed by atoms with Gasteiger partial charge in [-0.3, -0.25) is 4.79 Å². The Hall–Kier alpha value is -1.57. The maximum Gasteiger partial charge on any atom is 0.310 e. The van der Waals surface area contributed by atoms with Gasteiger partial charge in [-0.25, -0.2) is 0 Å². The molecule has 2 rings (SSSR count). The van der Waals surface area contributed by atoms with Crippen LogP contribution >= 0.6 is 0 Å². The Balaban J connectivity index is 2.58. The van der Waals surface area contributed by atoms with Gasteiger partial charge >= 0.3 is 5.97 Å². The number of fused-ring (bicyclic) bond motifs is 1. The molecule has 15 heavy (non-hydrogen) atoms. The van der Waals surface area contributed by atoms with Crippen LogP contribution < -0.4 is 10.4 Å². The quantitative estimate of drug-likeness (QED) is 0.776. The van der Waals surface area contributed by atoms with Crippen molar-refractivity contribution in [1.82, 2.24) is 0 Å². The minimum Gasteiger partial charge on any atom is -0.481 e. The first-order chi connectivity index (χ1) is 7.22. The molecule has 0 bridgehead atoms. The average molecular weight is 202 g/mol. The van der Waals surface area contributed by atoms with E-state index in [-0.39, 0.29) is 11.8 Å². The van der Waals surface area contributed by atoms with Crippen LogP contribution in [0.4, 0.5) is 0 Å². The second kappa shape index (κ2) is 3.89. The van der Waals surface area contributed by atoms with Crippen LogP contribution in [0, 0.1) is 11.8 Å². The molecule has 0 amide bonds. The van der Waals surface area contributed by atoms with Gasteiger partial charge in [0.15, 0.2) is 0 Å². The summed E-state index contributed by atoms with van der Waals surface area (Å²) in [5, 5.41) is 11.3. The molecular formula is C13H14O2. The number of aliphatic carboxylic acids is 1. The van der Waals surface area contributed by atoms with Crippen LogP contribution in [-0.4, -0.2) is 11.1 Å². The van der Waals surface area contributed by atoms with E-state index in [1.807, 2.05) is 37.3 Å². The Morgan fingerprint density at radius 1 is 1.27 bits per heavy atom. The van der Waals surface area contributed by atoms with Gasteiger partial charge in [0, 0.05) is 0 Å². The van der Waals surface area contributed by atoms with Gasteiger partial charge in [-0.2, -0.15) is 0 Å². The van der Waals surface area contributed by atoms with Gasteiger partial charge in [0.05, 0.1) is 5.92 Å². The summed E-state index contributed by atoms with van der Waals surface area (Å²) in [6, 6.07) is 7.92. The molecule has 1 aliphatic carbocycles. The maximum atomic E-state index is 11.1. The first-order valence-electron chi connectivity index (χ1n) is 5.24. The smallest absolute Gasteiger partial charge is 0.310 e. The molecule has 0 heterocycles. The molecular weight excluding hydrogens is 188 g/mol. The molecule has 0 fully saturated rings. The Morgan fingerprint density at radius 3 is 2.40 bits per heavy atom. The van der Waals surface area contributed by atoms with Gasteiger partial charge < -0.3 is 5.11 Å². The van der Waals surface area contributed by atoms with Crippen molar-refractivity contribution in [3.63, 3.8) is 0 Å². The highest BCUT2D eigenvalue weighted by atomic mass is 16.4. The molecule has 1 aromatic carbocycles. The van der Waals surface area contributed by atoms with E-state index in [1.165, 1.54) is 0 Å². The van der Waals surface area contributed by atoms with Crippen molar-refractivity contribution in [3.8, 4) is 0 Å². The first-order valence-corrected chi connectivity index (χ1v) is 5.24. The van der Waals surface area contributed by atoms with Crippen molar-refractivity contribution in [3.05, 3.63) is 34.7 Å². The van der Waals surface area contributed by atoms with E-state index in [9.17, 15) is 4.79 Å². The van der Waals surface area contributed by atoms with E-state index < -0.39 is 5.97 Å². The number of carbonyl (C=O) groups is 1. The molecule has 2 atom stereocenters. The minimum absolute atomic E-state index is 0.123. The van der Waals surface area contributed by atoms with Gasteiger partial charge in [0.2, 0.25) is 0 Å². The van der Waals surface area contributed by atoms with Crippen molar-refractivity contribution in [2.75, 3.05) is 0 Å². The van der Waals surface area contributed by atoms with Crippen LogP contribution in [0.1, 0.15) is 13.3 Å². The van der Waals surface area contributed by atoms with E-state index in [0.29, 0.717) is 0 Å². The third-order valence-electron chi connectivity index (χ3n) is 2.97. The molecule has 0 saturated carbocycles. The molecule has 0 aromatic heterocycles. The molecule has 2 unspecified atom stereocenters. The van der Waals surface area contributed by atoms with Crippen LogP contribution in [0.15, 0.2) is 24.3 Å². The number of carboxylic acid groups (broad SMARTS) is 1. The van der Waals surface area contributed by atoms with Crippen LogP contribution in [0.5, 0.6) is 0 Å². The summed E-state index contributed by atoms with van der Waals surface area (Å²) in [4.78, 5) is 11.1. The summed E-state index contributed by atoms with van der Waals surface area (Å²) >= 11 is 0. The molecule has 1 aliphatic rings. The van der Waals surface area contributed by atoms with Crippen molar-refractivity contribution in [2.45, 2.75) is 13.3 Å². The predicted molar refractivity (Wildman–Crippen MR) is 59.5 cm³/mol. The third kappa shape index (κ3) is 1.80. The van der Waals surface area contributed by atoms with Gasteiger partial charge in [-0.15, -0.1) is 0 Å². The van der Waals surface area contributed by atoms with Gasteiger partial charge in [-0.1, -0.05) is 43.3 Å². The lowest BCUT2D eigenvalue weighted by Crippen LogP contribution is -2.35. The van der Waals surface area contributed by atoms with Crippen molar-refractivity contribution in [2.24, 2.45) is 11.8 Å². The van der Waals surface area contributed by atoms with Gasteiger partial charge in [-0.05, 0) is 22.8 Å². The number of rotatable bonds is 2. The molecule has 1 aromatic rings. The maximum absolute atomic E-state index is 11.1. The van der Waals surface area contributed by atoms with Crippen molar-refractivity contribution in [1.29, 1.82) is 0 Å². The zero-order chi connectivity index (χ0) is 10.8. The third-order valence-corrected chi connectivity index (χ3v) is 2.97. The van der Waals surface area contributed by atoms with E-state index in [4.69, 9.17) is 5.11 Å². The summed E-state index contributed by atoms with van der Waals surface area (Å²) < 4.78 is 0. The van der Waals surface area contributed by atoms with E-state index >= 15 is 0 Å². The molecule has 0 spiro atoms. The minimum atomic E-state index is -0.729. The van der Waals surface area contributed by atoms with Crippen molar-refractivity contribution >= 4 is 18.1 Å². The Kier molecular flexibility index (Phi) is 2.58. The summed E-state index contributed by atoms with van der Waals surface area (Å²) in [5.74, 6) is -0.977. The van der Waals surface area contributed by atoms with Gasteiger partial charge in [0.25, 0.3) is 0 Å². The molecule has 0 radical (unpaired) electrons. The fourth-order valence-electron chi connectivity index (χ4n) is 2.09. The Bertz CT molecular complexity index is 488. The highest BCUT2D eigenvalue weighted by Crippen LogP contribution is 2.20. The van der Waals surface area contributed by atoms with Crippen LogP contribution in [0.2, 0.25) is 0 Å². The van der Waals surface area contributed by atoms with E-state index in [2.05, 4.69) is 6.08 Å². The van der Waals surface area contributed by atoms with Gasteiger partial charge in [0.1, 0.15) is 0 Å². The lowest BCUT2D eigenvalue weighted by atomic mass is 9.85. The second-order valence-corrected chi connectivity index (χ2v) is 3.90. The Morgan fingerprint density at radius 2 is 1.87 bits per heavy atom. The normalized spacial score (nSPS) is 23.5. The van der Waals surface area contributed by atoms with Crippen LogP contribution in [0.3, 0.4) is 0 Å². The lowest BCUT2D eigenvalue weighted by molar-refractivity contribution is -0.140. The van der Waals surface area contributed by atoms with E-state index in [0.717, 1.165) is 16.9 Å². The summed E-state index contributed by atoms with van der Waals surface area (Å²) in [5.41, 5.74) is 0. The number of carboxylic acids is 1. The average Bonchev–Trinajstić information content (AvgIpc) is 2.27. The molecule has 78 valence electrons. The summed E-state index contributed by atoms with van der Waals surface area (Å²) in [6.07, 6.45) is 4.81. The lowest BCUT2D eigenvalue weighted by Gasteiger charge is -2.19. The topological polar surface area (TPSA) is 37.3 Å². The molecule has 2 nitrogen and oxygen atoms in total. The summed E-state index contributed by atoms with van der Waals surface area (Å²) in [6.45, 7) is 2.03. The zero-order valence-corrected chi connectivity index (χ0v) is 8.68. The monoisotopic (exact) mass is 202 g/mol. The van der Waals surface area contributed by atoms with E-state index in [1.54, 1.807) is 0 Å². The SMILES string of the molecule is CCC1C=c2ccccc2=CC1C(=O)O. The molecule has 1 N–H and O–H groups in total. The predicted octanol–water partition coefficient (Wildman–Crippen LogP) is 0.988. The fraction of sp³-hybridized carbons (Fsp3) is 0.308. The summed E-state index contributed by atoms with van der Waals surface area (Å²) in [7, 11) is 0. The molecule has 2 heteroatoms. The number of hydrogen-bond acceptors (Lipinski definition) is 1. The van der Waals surface area contributed by atoms with Crippen LogP contribution in [-0.2, 0) is 4.79 Å². The largest absolute Gasteiger partial charge is 0.481 e. The second-order valence-electron chi connectivity index (χ2n) is 3.90. The van der Waals surface area contributed by atoms with Crippen LogP contribution in [0.25, 0.3) is 12.2 Å². The Labute approximate surface area is 88.6 Å². The highest BCUT2D eigenvalue weighted by Gasteiger charge is 2.24. The molecule has 0 aliphatic heterocycles. The standard InChI is InChI=1S/C13H14O2/c1-2-9-7-10-5-3-4-6-11(10)8-12(9)13(14)15/h3-9,12H,2H2,1H3,(H,14,15). The highest BCUT2D eigenvalue weighted by molar-refractivity contribution is 5.79. The fourth-order valence-corrected chi connectivity index (χ4v) is 2.09.